The molecule has 0 aliphatic carbocycles. The number of aliphatic hydroxyl groups is 2. The maximum absolute atomic E-state index is 11.4. The smallest absolute Gasteiger partial charge is 0.342 e. The molecule has 3 N–H and O–H groups in total. The molecule has 3 atom stereocenters. The van der Waals surface area contributed by atoms with E-state index in [-0.39, 0.29) is 35.3 Å². The zero-order valence-electron chi connectivity index (χ0n) is 11.8. The van der Waals surface area contributed by atoms with Crippen molar-refractivity contribution in [2.75, 3.05) is 0 Å². The van der Waals surface area contributed by atoms with E-state index in [0.717, 1.165) is 0 Å². The molecule has 19 heavy (non-hydrogen) atoms. The monoisotopic (exact) mass is 270 g/mol. The largest absolute Gasteiger partial charge is 0.507 e. The van der Waals surface area contributed by atoms with Gasteiger partial charge in [0.05, 0.1) is 17.8 Å². The summed E-state index contributed by atoms with van der Waals surface area (Å²) >= 11 is 0. The Hall–Kier alpha value is -1.33. The number of rotatable bonds is 5. The summed E-state index contributed by atoms with van der Waals surface area (Å²) in [4.78, 5) is 11.4. The van der Waals surface area contributed by atoms with Gasteiger partial charge in [0, 0.05) is 18.4 Å². The van der Waals surface area contributed by atoms with E-state index in [1.165, 1.54) is 13.0 Å². The predicted octanol–water partition coefficient (Wildman–Crippen LogP) is 1.21. The lowest BCUT2D eigenvalue weighted by molar-refractivity contribution is -0.00362. The van der Waals surface area contributed by atoms with Gasteiger partial charge in [-0.05, 0) is 12.8 Å². The van der Waals surface area contributed by atoms with Gasteiger partial charge in [0.25, 0.3) is 0 Å². The van der Waals surface area contributed by atoms with Crippen molar-refractivity contribution in [2.24, 2.45) is 11.8 Å². The van der Waals surface area contributed by atoms with Crippen molar-refractivity contribution in [2.45, 2.75) is 46.3 Å². The van der Waals surface area contributed by atoms with E-state index >= 15 is 0 Å². The Morgan fingerprint density at radius 2 is 1.84 bits per heavy atom. The van der Waals surface area contributed by atoms with Gasteiger partial charge in [0.15, 0.2) is 0 Å². The van der Waals surface area contributed by atoms with Crippen LogP contribution < -0.4 is 5.63 Å². The second-order valence-electron chi connectivity index (χ2n) is 5.38. The van der Waals surface area contributed by atoms with E-state index in [9.17, 15) is 20.1 Å². The van der Waals surface area contributed by atoms with E-state index in [2.05, 4.69) is 0 Å². The average Bonchev–Trinajstić information content (AvgIpc) is 2.33. The fourth-order valence-electron chi connectivity index (χ4n) is 1.92. The summed E-state index contributed by atoms with van der Waals surface area (Å²) < 4.78 is 4.99. The number of hydrogen-bond acceptors (Lipinski definition) is 5. The van der Waals surface area contributed by atoms with Crippen LogP contribution in [-0.4, -0.2) is 27.5 Å². The zero-order valence-corrected chi connectivity index (χ0v) is 11.8. The van der Waals surface area contributed by atoms with Crippen LogP contribution in [0, 0.1) is 18.8 Å². The summed E-state index contributed by atoms with van der Waals surface area (Å²) in [6.45, 7) is 6.94. The normalized spacial score (nSPS) is 16.4. The lowest BCUT2D eigenvalue weighted by Crippen LogP contribution is -2.34. The topological polar surface area (TPSA) is 90.9 Å². The highest BCUT2D eigenvalue weighted by atomic mass is 16.4. The van der Waals surface area contributed by atoms with E-state index < -0.39 is 17.8 Å². The molecule has 0 saturated heterocycles. The summed E-state index contributed by atoms with van der Waals surface area (Å²) in [5, 5.41) is 29.5. The minimum atomic E-state index is -0.845. The summed E-state index contributed by atoms with van der Waals surface area (Å²) in [6.07, 6.45) is -1.41. The molecule has 1 rings (SSSR count). The van der Waals surface area contributed by atoms with Gasteiger partial charge in [0.2, 0.25) is 0 Å². The standard InChI is InChI=1S/C14H22O5/c1-7(2)13(17)8(3)11(15)5-10-6-12(16)9(4)14(18)19-10/h6-8,11,13,15-17H,5H2,1-4H3/t8-,11-,13+/m0/s1. The number of aliphatic hydroxyl groups excluding tert-OH is 2. The van der Waals surface area contributed by atoms with Gasteiger partial charge in [-0.25, -0.2) is 4.79 Å². The molecule has 108 valence electrons. The molecule has 5 heteroatoms. The van der Waals surface area contributed by atoms with Crippen molar-refractivity contribution in [1.82, 2.24) is 0 Å². The first-order valence-corrected chi connectivity index (χ1v) is 6.42. The van der Waals surface area contributed by atoms with E-state index in [4.69, 9.17) is 4.42 Å². The van der Waals surface area contributed by atoms with Gasteiger partial charge in [0.1, 0.15) is 11.5 Å². The quantitative estimate of drug-likeness (QED) is 0.748. The number of aromatic hydroxyl groups is 1. The lowest BCUT2D eigenvalue weighted by Gasteiger charge is -2.26. The average molecular weight is 270 g/mol. The third-order valence-electron chi connectivity index (χ3n) is 3.45. The maximum Gasteiger partial charge on any atom is 0.342 e. The summed E-state index contributed by atoms with van der Waals surface area (Å²) in [5.41, 5.74) is -0.465. The Balaban J connectivity index is 2.83. The highest BCUT2D eigenvalue weighted by molar-refractivity contribution is 5.28. The SMILES string of the molecule is Cc1c(O)cc(C[C@H](O)[C@H](C)[C@H](O)C(C)C)oc1=O. The molecule has 1 heterocycles. The molecule has 1 aromatic rings. The fraction of sp³-hybridized carbons (Fsp3) is 0.643. The highest BCUT2D eigenvalue weighted by Crippen LogP contribution is 2.21. The molecule has 0 spiro atoms. The van der Waals surface area contributed by atoms with Crippen LogP contribution in [-0.2, 0) is 6.42 Å². The molecule has 0 unspecified atom stereocenters. The van der Waals surface area contributed by atoms with Gasteiger partial charge in [-0.15, -0.1) is 0 Å². The summed E-state index contributed by atoms with van der Waals surface area (Å²) in [5.74, 6) is -0.254. The highest BCUT2D eigenvalue weighted by Gasteiger charge is 2.26. The Morgan fingerprint density at radius 3 is 2.32 bits per heavy atom. The van der Waals surface area contributed by atoms with Crippen molar-refractivity contribution < 1.29 is 19.7 Å². The van der Waals surface area contributed by atoms with Crippen LogP contribution >= 0.6 is 0 Å². The second kappa shape index (κ2) is 6.21. The first kappa shape index (κ1) is 15.7. The second-order valence-corrected chi connectivity index (χ2v) is 5.38. The predicted molar refractivity (Wildman–Crippen MR) is 71.1 cm³/mol. The minimum absolute atomic E-state index is 0.0306. The molecule has 0 bridgehead atoms. The molecule has 0 fully saturated rings. The van der Waals surface area contributed by atoms with Crippen LogP contribution in [0.3, 0.4) is 0 Å². The van der Waals surface area contributed by atoms with Gasteiger partial charge >= 0.3 is 5.63 Å². The Morgan fingerprint density at radius 1 is 1.26 bits per heavy atom. The van der Waals surface area contributed by atoms with Gasteiger partial charge in [-0.1, -0.05) is 20.8 Å². The molecule has 0 amide bonds. The van der Waals surface area contributed by atoms with Gasteiger partial charge in [-0.2, -0.15) is 0 Å². The molecule has 0 saturated carbocycles. The third kappa shape index (κ3) is 3.81. The first-order chi connectivity index (χ1) is 8.73. The maximum atomic E-state index is 11.4. The van der Waals surface area contributed by atoms with Crippen LogP contribution in [0.5, 0.6) is 5.75 Å². The van der Waals surface area contributed by atoms with Crippen LogP contribution in [0.1, 0.15) is 32.1 Å². The molecule has 0 aliphatic rings. The van der Waals surface area contributed by atoms with Crippen molar-refractivity contribution in [3.63, 3.8) is 0 Å². The molecule has 5 nitrogen and oxygen atoms in total. The fourth-order valence-corrected chi connectivity index (χ4v) is 1.92. The van der Waals surface area contributed by atoms with Crippen LogP contribution in [0.4, 0.5) is 0 Å². The van der Waals surface area contributed by atoms with E-state index in [0.29, 0.717) is 0 Å². The van der Waals surface area contributed by atoms with E-state index in [1.807, 2.05) is 13.8 Å². The van der Waals surface area contributed by atoms with Gasteiger partial charge in [-0.3, -0.25) is 0 Å². The lowest BCUT2D eigenvalue weighted by atomic mass is 9.88. The zero-order chi connectivity index (χ0) is 14.7. The molecule has 1 aromatic heterocycles. The minimum Gasteiger partial charge on any atom is -0.507 e. The third-order valence-corrected chi connectivity index (χ3v) is 3.45. The van der Waals surface area contributed by atoms with Crippen LogP contribution in [0.2, 0.25) is 0 Å². The van der Waals surface area contributed by atoms with Crippen LogP contribution in [0.15, 0.2) is 15.3 Å². The van der Waals surface area contributed by atoms with Crippen molar-refractivity contribution in [1.29, 1.82) is 0 Å². The molecular weight excluding hydrogens is 248 g/mol. The molecule has 0 aliphatic heterocycles. The molecular formula is C14H22O5. The number of hydrogen-bond donors (Lipinski definition) is 3. The van der Waals surface area contributed by atoms with Gasteiger partial charge < -0.3 is 19.7 Å². The van der Waals surface area contributed by atoms with Crippen molar-refractivity contribution in [3.8, 4) is 5.75 Å². The Bertz CT molecular complexity index is 477. The summed E-state index contributed by atoms with van der Waals surface area (Å²) in [7, 11) is 0. The molecule has 0 aromatic carbocycles. The van der Waals surface area contributed by atoms with Crippen molar-refractivity contribution in [3.05, 3.63) is 27.8 Å². The van der Waals surface area contributed by atoms with Crippen LogP contribution in [0.25, 0.3) is 0 Å². The molecule has 0 radical (unpaired) electrons. The summed E-state index contributed by atoms with van der Waals surface area (Å²) in [6, 6.07) is 1.33. The first-order valence-electron chi connectivity index (χ1n) is 6.42. The van der Waals surface area contributed by atoms with Crippen molar-refractivity contribution >= 4 is 0 Å². The Labute approximate surface area is 112 Å². The van der Waals surface area contributed by atoms with E-state index in [1.54, 1.807) is 6.92 Å². The Kier molecular flexibility index (Phi) is 5.14.